The fourth-order valence-electron chi connectivity index (χ4n) is 2.11. The highest BCUT2D eigenvalue weighted by Gasteiger charge is 2.19. The summed E-state index contributed by atoms with van der Waals surface area (Å²) in [4.78, 5) is 30.4. The van der Waals surface area contributed by atoms with Gasteiger partial charge in [-0.25, -0.2) is 4.98 Å². The molecular weight excluding hydrogens is 318 g/mol. The first kappa shape index (κ1) is 15.0. The molecule has 9 heteroatoms. The smallest absolute Gasteiger partial charge is 0.265 e. The molecule has 0 saturated heterocycles. The van der Waals surface area contributed by atoms with Crippen LogP contribution in [-0.4, -0.2) is 26.9 Å². The number of hydrogen-bond donors (Lipinski definition) is 3. The Morgan fingerprint density at radius 3 is 2.78 bits per heavy atom. The number of amides is 2. The number of carbonyl (C=O) groups excluding carboxylic acids is 2. The lowest BCUT2D eigenvalue weighted by Crippen LogP contribution is -2.13. The molecule has 0 aromatic carbocycles. The second kappa shape index (κ2) is 5.69. The van der Waals surface area contributed by atoms with Crippen LogP contribution in [0.5, 0.6) is 0 Å². The lowest BCUT2D eigenvalue weighted by molar-refractivity contribution is 0.0993. The lowest BCUT2D eigenvalue weighted by atomic mass is 10.2. The van der Waals surface area contributed by atoms with E-state index in [2.05, 4.69) is 20.4 Å². The van der Waals surface area contributed by atoms with E-state index in [1.54, 1.807) is 31.5 Å². The molecule has 23 heavy (non-hydrogen) atoms. The van der Waals surface area contributed by atoms with E-state index in [4.69, 9.17) is 10.3 Å². The lowest BCUT2D eigenvalue weighted by Gasteiger charge is -2.00. The van der Waals surface area contributed by atoms with Gasteiger partial charge in [0.15, 0.2) is 5.13 Å². The number of anilines is 1. The van der Waals surface area contributed by atoms with Crippen LogP contribution >= 0.6 is 11.3 Å². The summed E-state index contributed by atoms with van der Waals surface area (Å²) in [6, 6.07) is 1.61. The highest BCUT2D eigenvalue weighted by Crippen LogP contribution is 2.26. The van der Waals surface area contributed by atoms with Crippen molar-refractivity contribution in [2.45, 2.75) is 13.8 Å². The minimum atomic E-state index is -0.543. The van der Waals surface area contributed by atoms with Gasteiger partial charge in [-0.1, -0.05) is 5.16 Å². The third kappa shape index (κ3) is 2.86. The number of nitrogens with zero attached hydrogens (tertiary/aromatic N) is 2. The second-order valence-corrected chi connectivity index (χ2v) is 5.72. The van der Waals surface area contributed by atoms with Gasteiger partial charge in [0.05, 0.1) is 11.4 Å². The number of primary amides is 1. The number of thiazole rings is 1. The van der Waals surface area contributed by atoms with Crippen LogP contribution in [-0.2, 0) is 0 Å². The number of aromatic nitrogens is 3. The summed E-state index contributed by atoms with van der Waals surface area (Å²) in [5.41, 5.74) is 7.77. The molecule has 2 amide bonds. The Balaban J connectivity index is 1.79. The number of H-pyrrole nitrogens is 1. The molecule has 8 nitrogen and oxygen atoms in total. The van der Waals surface area contributed by atoms with Gasteiger partial charge in [-0.05, 0) is 19.9 Å². The van der Waals surface area contributed by atoms with Gasteiger partial charge in [0.2, 0.25) is 0 Å². The molecule has 0 aliphatic heterocycles. The Kier molecular flexibility index (Phi) is 3.70. The average molecular weight is 331 g/mol. The Morgan fingerprint density at radius 2 is 2.17 bits per heavy atom. The molecule has 0 atom stereocenters. The van der Waals surface area contributed by atoms with Gasteiger partial charge < -0.3 is 15.2 Å². The third-order valence-electron chi connectivity index (χ3n) is 3.23. The summed E-state index contributed by atoms with van der Waals surface area (Å²) in [7, 11) is 0. The molecule has 0 bridgehead atoms. The van der Waals surface area contributed by atoms with Gasteiger partial charge in [0.25, 0.3) is 11.8 Å². The molecule has 0 radical (unpaired) electrons. The summed E-state index contributed by atoms with van der Waals surface area (Å²) in [5, 5.41) is 8.67. The Morgan fingerprint density at radius 1 is 1.39 bits per heavy atom. The fourth-order valence-corrected chi connectivity index (χ4v) is 2.83. The number of rotatable bonds is 4. The summed E-state index contributed by atoms with van der Waals surface area (Å²) in [6.07, 6.45) is 1.63. The molecule has 3 rings (SSSR count). The number of nitrogens with two attached hydrogens (primary N) is 1. The van der Waals surface area contributed by atoms with Gasteiger partial charge in [0.1, 0.15) is 17.0 Å². The molecule has 3 aromatic heterocycles. The molecule has 0 aliphatic rings. The maximum atomic E-state index is 12.2. The molecule has 3 heterocycles. The zero-order valence-corrected chi connectivity index (χ0v) is 13.2. The van der Waals surface area contributed by atoms with E-state index < -0.39 is 5.91 Å². The molecule has 0 saturated carbocycles. The molecule has 0 fully saturated rings. The van der Waals surface area contributed by atoms with E-state index in [1.165, 1.54) is 11.3 Å². The number of aryl methyl sites for hydroxylation is 2. The van der Waals surface area contributed by atoms with Gasteiger partial charge in [-0.3, -0.25) is 14.9 Å². The van der Waals surface area contributed by atoms with E-state index in [0.717, 1.165) is 0 Å². The van der Waals surface area contributed by atoms with Gasteiger partial charge in [-0.15, -0.1) is 11.3 Å². The fraction of sp³-hybridized carbons (Fsp3) is 0.143. The summed E-state index contributed by atoms with van der Waals surface area (Å²) in [5.74, 6) is -0.416. The van der Waals surface area contributed by atoms with Crippen molar-refractivity contribution in [3.05, 3.63) is 40.4 Å². The SMILES string of the molecule is Cc1noc(C)c1C(=O)Nc1nc(-c2c[nH]c(C(N)=O)c2)cs1. The highest BCUT2D eigenvalue weighted by molar-refractivity contribution is 7.14. The number of carbonyl (C=O) groups is 2. The first-order valence-corrected chi connectivity index (χ1v) is 7.52. The zero-order valence-electron chi connectivity index (χ0n) is 12.3. The van der Waals surface area contributed by atoms with Crippen molar-refractivity contribution in [1.29, 1.82) is 0 Å². The Hall–Kier alpha value is -2.94. The van der Waals surface area contributed by atoms with Crippen molar-refractivity contribution < 1.29 is 14.1 Å². The predicted octanol–water partition coefficient (Wildman–Crippen LogP) is 2.09. The van der Waals surface area contributed by atoms with Crippen molar-refractivity contribution in [3.63, 3.8) is 0 Å². The van der Waals surface area contributed by atoms with E-state index in [1.807, 2.05) is 0 Å². The molecule has 0 unspecified atom stereocenters. The maximum Gasteiger partial charge on any atom is 0.265 e. The molecule has 3 aromatic rings. The molecule has 0 spiro atoms. The van der Waals surface area contributed by atoms with Crippen LogP contribution in [0.2, 0.25) is 0 Å². The summed E-state index contributed by atoms with van der Waals surface area (Å²) in [6.45, 7) is 3.37. The van der Waals surface area contributed by atoms with E-state index in [0.29, 0.717) is 39.1 Å². The quantitative estimate of drug-likeness (QED) is 0.674. The number of aromatic amines is 1. The molecule has 0 aliphatic carbocycles. The van der Waals surface area contributed by atoms with Crippen molar-refractivity contribution in [1.82, 2.24) is 15.1 Å². The van der Waals surface area contributed by atoms with E-state index in [-0.39, 0.29) is 5.91 Å². The van der Waals surface area contributed by atoms with E-state index in [9.17, 15) is 9.59 Å². The first-order valence-electron chi connectivity index (χ1n) is 6.64. The summed E-state index contributed by atoms with van der Waals surface area (Å²) < 4.78 is 4.98. The molecular formula is C14H13N5O3S. The summed E-state index contributed by atoms with van der Waals surface area (Å²) >= 11 is 1.28. The number of nitrogens with one attached hydrogen (secondary N) is 2. The van der Waals surface area contributed by atoms with Gasteiger partial charge in [-0.2, -0.15) is 0 Å². The average Bonchev–Trinajstić information content (AvgIpc) is 3.18. The van der Waals surface area contributed by atoms with Crippen LogP contribution in [0.3, 0.4) is 0 Å². The third-order valence-corrected chi connectivity index (χ3v) is 3.99. The van der Waals surface area contributed by atoms with Crippen molar-refractivity contribution in [2.75, 3.05) is 5.32 Å². The largest absolute Gasteiger partial charge is 0.364 e. The topological polar surface area (TPSA) is 127 Å². The zero-order chi connectivity index (χ0) is 16.6. The minimum absolute atomic E-state index is 0.300. The van der Waals surface area contributed by atoms with Crippen LogP contribution in [0.15, 0.2) is 22.2 Å². The molecule has 4 N–H and O–H groups in total. The van der Waals surface area contributed by atoms with Crippen molar-refractivity contribution in [3.8, 4) is 11.3 Å². The van der Waals surface area contributed by atoms with Crippen molar-refractivity contribution in [2.24, 2.45) is 5.73 Å². The Labute approximate surface area is 134 Å². The Bertz CT molecular complexity index is 873. The molecule has 118 valence electrons. The number of hydrogen-bond acceptors (Lipinski definition) is 6. The standard InChI is InChI=1S/C14H13N5O3S/c1-6-11(7(2)22-19-6)13(21)18-14-17-10(5-23-14)8-3-9(12(15)20)16-4-8/h3-5,16H,1-2H3,(H2,15,20)(H,17,18,21). The van der Waals surface area contributed by atoms with Crippen LogP contribution in [0, 0.1) is 13.8 Å². The highest BCUT2D eigenvalue weighted by atomic mass is 32.1. The monoisotopic (exact) mass is 331 g/mol. The van der Waals surface area contributed by atoms with Crippen molar-refractivity contribution >= 4 is 28.3 Å². The normalized spacial score (nSPS) is 10.7. The maximum absolute atomic E-state index is 12.2. The first-order chi connectivity index (χ1) is 11.0. The van der Waals surface area contributed by atoms with Gasteiger partial charge >= 0.3 is 0 Å². The second-order valence-electron chi connectivity index (χ2n) is 4.86. The van der Waals surface area contributed by atoms with Crippen LogP contribution in [0.4, 0.5) is 5.13 Å². The van der Waals surface area contributed by atoms with Crippen LogP contribution < -0.4 is 11.1 Å². The minimum Gasteiger partial charge on any atom is -0.364 e. The van der Waals surface area contributed by atoms with Gasteiger partial charge in [0, 0.05) is 17.1 Å². The van der Waals surface area contributed by atoms with E-state index >= 15 is 0 Å². The van der Waals surface area contributed by atoms with Crippen LogP contribution in [0.25, 0.3) is 11.3 Å². The van der Waals surface area contributed by atoms with Crippen LogP contribution in [0.1, 0.15) is 32.3 Å². The predicted molar refractivity (Wildman–Crippen MR) is 84.3 cm³/mol.